The molecule has 0 radical (unpaired) electrons. The van der Waals surface area contributed by atoms with Gasteiger partial charge < -0.3 is 4.90 Å². The average molecular weight is 511 g/mol. The van der Waals surface area contributed by atoms with Crippen LogP contribution in [0.1, 0.15) is 48.2 Å². The Morgan fingerprint density at radius 1 is 1.03 bits per heavy atom. The molecule has 1 saturated heterocycles. The number of carbonyl (C=O) groups is 2. The van der Waals surface area contributed by atoms with Crippen molar-refractivity contribution in [2.45, 2.75) is 39.0 Å². The first-order valence-corrected chi connectivity index (χ1v) is 12.4. The van der Waals surface area contributed by atoms with Crippen molar-refractivity contribution in [3.63, 3.8) is 0 Å². The molecule has 5 nitrogen and oxygen atoms in total. The number of thiophene rings is 1. The summed E-state index contributed by atoms with van der Waals surface area (Å²) in [5.74, 6) is -0.444. The van der Waals surface area contributed by atoms with E-state index in [-0.39, 0.29) is 23.8 Å². The van der Waals surface area contributed by atoms with Crippen LogP contribution in [0.5, 0.6) is 0 Å². The predicted octanol–water partition coefficient (Wildman–Crippen LogP) is 6.84. The number of likely N-dealkylation sites (tertiary alicyclic amines) is 1. The number of rotatable bonds is 5. The minimum absolute atomic E-state index is 0.143. The normalized spacial score (nSPS) is 14.4. The highest BCUT2D eigenvalue weighted by Crippen LogP contribution is 2.37. The monoisotopic (exact) mass is 509 g/mol. The molecule has 1 aliphatic heterocycles. The van der Waals surface area contributed by atoms with Crippen LogP contribution < -0.4 is 0 Å². The van der Waals surface area contributed by atoms with Crippen molar-refractivity contribution < 1.29 is 9.59 Å². The molecule has 0 bridgehead atoms. The number of hydrogen-bond acceptors (Lipinski definition) is 4. The van der Waals surface area contributed by atoms with Gasteiger partial charge in [0.05, 0.1) is 32.0 Å². The van der Waals surface area contributed by atoms with Crippen LogP contribution in [0.25, 0.3) is 16.3 Å². The number of nitrogens with zero attached hydrogens (tertiary/aromatic N) is 3. The zero-order valence-electron chi connectivity index (χ0n) is 17.5. The summed E-state index contributed by atoms with van der Waals surface area (Å²) in [5, 5.41) is 5.51. The molecule has 0 atom stereocenters. The fraction of sp³-hybridized carbons (Fsp3) is 0.348. The third-order valence-corrected chi connectivity index (χ3v) is 7.38. The van der Waals surface area contributed by atoms with Gasteiger partial charge in [0.25, 0.3) is 0 Å². The second-order valence-electron chi connectivity index (χ2n) is 7.83. The van der Waals surface area contributed by atoms with Gasteiger partial charge in [0.15, 0.2) is 5.78 Å². The summed E-state index contributed by atoms with van der Waals surface area (Å²) in [6.07, 6.45) is 4.00. The summed E-state index contributed by atoms with van der Waals surface area (Å²) in [7, 11) is 0. The fourth-order valence-electron chi connectivity index (χ4n) is 3.97. The highest BCUT2D eigenvalue weighted by atomic mass is 35.5. The summed E-state index contributed by atoms with van der Waals surface area (Å²) >= 11 is 20.1. The molecule has 1 amide bonds. The van der Waals surface area contributed by atoms with Crippen molar-refractivity contribution in [1.29, 1.82) is 0 Å². The van der Waals surface area contributed by atoms with Gasteiger partial charge in [0, 0.05) is 23.7 Å². The first-order valence-electron chi connectivity index (χ1n) is 10.5. The first-order chi connectivity index (χ1) is 15.3. The molecule has 1 aliphatic rings. The minimum Gasteiger partial charge on any atom is -0.342 e. The third-order valence-electron chi connectivity index (χ3n) is 5.60. The molecule has 0 N–H and O–H groups in total. The number of aromatic nitrogens is 2. The van der Waals surface area contributed by atoms with Crippen molar-refractivity contribution in [1.82, 2.24) is 14.7 Å². The molecule has 0 saturated carbocycles. The number of ketones is 1. The summed E-state index contributed by atoms with van der Waals surface area (Å²) in [5.41, 5.74) is 2.26. The summed E-state index contributed by atoms with van der Waals surface area (Å²) in [6, 6.07) is 8.78. The van der Waals surface area contributed by atoms with Gasteiger partial charge in [0.2, 0.25) is 5.91 Å². The van der Waals surface area contributed by atoms with E-state index in [4.69, 9.17) is 34.8 Å². The van der Waals surface area contributed by atoms with Crippen LogP contribution in [0.3, 0.4) is 0 Å². The largest absolute Gasteiger partial charge is 0.342 e. The van der Waals surface area contributed by atoms with Gasteiger partial charge in [-0.2, -0.15) is 5.10 Å². The van der Waals surface area contributed by atoms with Gasteiger partial charge in [-0.1, -0.05) is 47.6 Å². The smallest absolute Gasteiger partial charge is 0.230 e. The Balaban J connectivity index is 1.72. The Hall–Kier alpha value is -1.86. The van der Waals surface area contributed by atoms with Crippen molar-refractivity contribution in [2.24, 2.45) is 0 Å². The second-order valence-corrected chi connectivity index (χ2v) is 10.4. The van der Waals surface area contributed by atoms with Gasteiger partial charge in [-0.15, -0.1) is 11.3 Å². The molecule has 0 aliphatic carbocycles. The van der Waals surface area contributed by atoms with Crippen molar-refractivity contribution >= 4 is 57.8 Å². The maximum absolute atomic E-state index is 13.2. The highest BCUT2D eigenvalue weighted by Gasteiger charge is 2.27. The maximum atomic E-state index is 13.2. The molecular weight excluding hydrogens is 489 g/mol. The van der Waals surface area contributed by atoms with E-state index in [0.717, 1.165) is 36.3 Å². The molecular formula is C23H22Cl3N3O2S. The number of halogens is 3. The Kier molecular flexibility index (Phi) is 7.25. The summed E-state index contributed by atoms with van der Waals surface area (Å²) in [6.45, 7) is 3.25. The van der Waals surface area contributed by atoms with E-state index < -0.39 is 0 Å². The van der Waals surface area contributed by atoms with E-state index in [9.17, 15) is 9.59 Å². The molecule has 3 aromatic rings. The zero-order chi connectivity index (χ0) is 22.8. The van der Waals surface area contributed by atoms with Gasteiger partial charge in [0.1, 0.15) is 5.69 Å². The van der Waals surface area contributed by atoms with Crippen LogP contribution in [0.4, 0.5) is 0 Å². The molecule has 9 heteroatoms. The fourth-order valence-corrected chi connectivity index (χ4v) is 5.59. The van der Waals surface area contributed by atoms with Crippen LogP contribution in [-0.4, -0.2) is 39.5 Å². The highest BCUT2D eigenvalue weighted by molar-refractivity contribution is 7.19. The average Bonchev–Trinajstić information content (AvgIpc) is 3.18. The van der Waals surface area contributed by atoms with Crippen LogP contribution in [0, 0.1) is 6.92 Å². The summed E-state index contributed by atoms with van der Waals surface area (Å²) < 4.78 is 2.26. The van der Waals surface area contributed by atoms with Crippen molar-refractivity contribution in [3.8, 4) is 16.3 Å². The van der Waals surface area contributed by atoms with Crippen LogP contribution in [0.15, 0.2) is 30.3 Å². The third kappa shape index (κ3) is 4.88. The van der Waals surface area contributed by atoms with Gasteiger partial charge in [-0.25, -0.2) is 4.68 Å². The Labute approximate surface area is 205 Å². The lowest BCUT2D eigenvalue weighted by molar-refractivity contribution is -0.130. The van der Waals surface area contributed by atoms with Crippen molar-refractivity contribution in [2.75, 3.05) is 13.1 Å². The number of amides is 1. The molecule has 0 unspecified atom stereocenters. The van der Waals surface area contributed by atoms with E-state index in [0.29, 0.717) is 38.7 Å². The number of carbonyl (C=O) groups excluding carboxylic acids is 2. The SMILES string of the molecule is Cc1c(C(=O)CC(=O)N2CCCCCC2)nn(-c2ccc(Cl)cc2Cl)c1-c1ccc(Cl)s1. The van der Waals surface area contributed by atoms with E-state index in [1.54, 1.807) is 33.8 Å². The molecule has 32 heavy (non-hydrogen) atoms. The van der Waals surface area contributed by atoms with E-state index in [1.807, 2.05) is 13.0 Å². The predicted molar refractivity (Wildman–Crippen MR) is 131 cm³/mol. The molecule has 4 rings (SSSR count). The zero-order valence-corrected chi connectivity index (χ0v) is 20.6. The van der Waals surface area contributed by atoms with Gasteiger partial charge in [-0.05, 0) is 50.1 Å². The maximum Gasteiger partial charge on any atom is 0.230 e. The molecule has 3 heterocycles. The first kappa shape index (κ1) is 23.3. The number of benzene rings is 1. The van der Waals surface area contributed by atoms with Gasteiger partial charge in [-0.3, -0.25) is 9.59 Å². The number of hydrogen-bond donors (Lipinski definition) is 0. The molecule has 0 spiro atoms. The van der Waals surface area contributed by atoms with Crippen LogP contribution >= 0.6 is 46.1 Å². The topological polar surface area (TPSA) is 55.2 Å². The summed E-state index contributed by atoms with van der Waals surface area (Å²) in [4.78, 5) is 28.6. The Morgan fingerprint density at radius 2 is 1.75 bits per heavy atom. The van der Waals surface area contributed by atoms with Gasteiger partial charge >= 0.3 is 0 Å². The van der Waals surface area contributed by atoms with E-state index >= 15 is 0 Å². The molecule has 1 fully saturated rings. The van der Waals surface area contributed by atoms with Crippen LogP contribution in [0.2, 0.25) is 14.4 Å². The lowest BCUT2D eigenvalue weighted by Gasteiger charge is -2.19. The minimum atomic E-state index is -0.301. The van der Waals surface area contributed by atoms with E-state index in [1.165, 1.54) is 11.3 Å². The lowest BCUT2D eigenvalue weighted by Crippen LogP contribution is -2.33. The van der Waals surface area contributed by atoms with E-state index in [2.05, 4.69) is 5.10 Å². The van der Waals surface area contributed by atoms with Crippen LogP contribution in [-0.2, 0) is 4.79 Å². The van der Waals surface area contributed by atoms with Crippen molar-refractivity contribution in [3.05, 3.63) is 56.0 Å². The Bertz CT molecular complexity index is 1160. The second kappa shape index (κ2) is 9.96. The quantitative estimate of drug-likeness (QED) is 0.279. The molecule has 168 valence electrons. The molecule has 2 aromatic heterocycles. The lowest BCUT2D eigenvalue weighted by atomic mass is 10.1. The standard InChI is InChI=1S/C23H22Cl3N3O2S/c1-14-22(18(30)13-21(31)28-10-4-2-3-5-11-28)27-29(17-7-6-15(24)12-16(17)25)23(14)19-8-9-20(26)32-19/h6-9,12H,2-5,10-11,13H2,1H3. The Morgan fingerprint density at radius 3 is 2.38 bits per heavy atom. The molecule has 1 aromatic carbocycles. The number of Topliss-reactive ketones (excluding diaryl/α,β-unsaturated/α-hetero) is 1.